The number of aromatic nitrogens is 4. The number of rotatable bonds is 5. The van der Waals surface area contributed by atoms with Crippen molar-refractivity contribution in [1.29, 1.82) is 0 Å². The molecule has 0 atom stereocenters. The number of pyridine rings is 2. The van der Waals surface area contributed by atoms with E-state index < -0.39 is 0 Å². The van der Waals surface area contributed by atoms with Crippen LogP contribution in [0.3, 0.4) is 0 Å². The second kappa shape index (κ2) is 8.29. The van der Waals surface area contributed by atoms with Gasteiger partial charge in [-0.25, -0.2) is 4.98 Å². The highest BCUT2D eigenvalue weighted by atomic mass is 16.5. The Labute approximate surface area is 171 Å². The van der Waals surface area contributed by atoms with Crippen LogP contribution in [0.25, 0.3) is 11.5 Å². The van der Waals surface area contributed by atoms with Gasteiger partial charge in [-0.15, -0.1) is 0 Å². The van der Waals surface area contributed by atoms with Gasteiger partial charge >= 0.3 is 0 Å². The van der Waals surface area contributed by atoms with E-state index in [0.29, 0.717) is 23.5 Å². The van der Waals surface area contributed by atoms with Crippen molar-refractivity contribution in [3.8, 4) is 17.4 Å². The van der Waals surface area contributed by atoms with E-state index in [1.807, 2.05) is 51.1 Å². The fraction of sp³-hybridized carbons (Fsp3) is 0.455. The van der Waals surface area contributed by atoms with Crippen molar-refractivity contribution < 1.29 is 9.26 Å². The van der Waals surface area contributed by atoms with Crippen molar-refractivity contribution >= 4 is 0 Å². The predicted octanol–water partition coefficient (Wildman–Crippen LogP) is 4.08. The van der Waals surface area contributed by atoms with Crippen LogP contribution < -0.4 is 4.74 Å². The maximum atomic E-state index is 5.88. The van der Waals surface area contributed by atoms with E-state index in [1.165, 1.54) is 0 Å². The molecule has 4 rings (SSSR count). The van der Waals surface area contributed by atoms with Crippen LogP contribution >= 0.6 is 0 Å². The first-order chi connectivity index (χ1) is 14.0. The van der Waals surface area contributed by atoms with Gasteiger partial charge in [0.2, 0.25) is 17.6 Å². The smallest absolute Gasteiger partial charge is 0.230 e. The molecule has 0 spiro atoms. The van der Waals surface area contributed by atoms with Crippen molar-refractivity contribution in [3.63, 3.8) is 0 Å². The molecule has 0 N–H and O–H groups in total. The van der Waals surface area contributed by atoms with Crippen molar-refractivity contribution in [3.05, 3.63) is 54.2 Å². The van der Waals surface area contributed by atoms with E-state index in [4.69, 9.17) is 9.26 Å². The highest BCUT2D eigenvalue weighted by molar-refractivity contribution is 5.47. The Kier molecular flexibility index (Phi) is 5.58. The molecule has 4 heterocycles. The second-order valence-electron chi connectivity index (χ2n) is 8.40. The van der Waals surface area contributed by atoms with Gasteiger partial charge in [-0.05, 0) is 64.9 Å². The zero-order chi connectivity index (χ0) is 20.3. The summed E-state index contributed by atoms with van der Waals surface area (Å²) in [5.41, 5.74) is 1.52. The van der Waals surface area contributed by atoms with E-state index >= 15 is 0 Å². The zero-order valence-electron chi connectivity index (χ0n) is 17.2. The lowest BCUT2D eigenvalue weighted by Gasteiger charge is -2.30. The van der Waals surface area contributed by atoms with Gasteiger partial charge in [-0.1, -0.05) is 17.3 Å². The van der Waals surface area contributed by atoms with E-state index in [-0.39, 0.29) is 5.60 Å². The highest BCUT2D eigenvalue weighted by Crippen LogP contribution is 2.29. The molecule has 0 bridgehead atoms. The minimum atomic E-state index is -0.248. The van der Waals surface area contributed by atoms with Crippen LogP contribution in [0.2, 0.25) is 0 Å². The molecule has 0 saturated carbocycles. The van der Waals surface area contributed by atoms with Gasteiger partial charge in [-0.2, -0.15) is 4.98 Å². The maximum absolute atomic E-state index is 5.88. The Morgan fingerprint density at radius 2 is 1.90 bits per heavy atom. The Balaban J connectivity index is 1.33. The summed E-state index contributed by atoms with van der Waals surface area (Å²) in [7, 11) is 0. The molecule has 3 aromatic rings. The molecule has 1 saturated heterocycles. The fourth-order valence-electron chi connectivity index (χ4n) is 3.48. The molecule has 0 amide bonds. The van der Waals surface area contributed by atoms with Crippen LogP contribution in [-0.2, 0) is 6.54 Å². The van der Waals surface area contributed by atoms with Crippen LogP contribution in [-0.4, -0.2) is 43.7 Å². The number of ether oxygens (including phenoxy) is 1. The summed E-state index contributed by atoms with van der Waals surface area (Å²) in [4.78, 5) is 15.9. The Bertz CT molecular complexity index is 928. The van der Waals surface area contributed by atoms with Crippen molar-refractivity contribution in [2.45, 2.75) is 51.7 Å². The molecule has 7 nitrogen and oxygen atoms in total. The van der Waals surface area contributed by atoms with E-state index in [1.54, 1.807) is 6.20 Å². The molecule has 1 aliphatic rings. The molecule has 0 aliphatic carbocycles. The summed E-state index contributed by atoms with van der Waals surface area (Å²) in [6.45, 7) is 8.85. The number of piperidine rings is 1. The van der Waals surface area contributed by atoms with Gasteiger partial charge < -0.3 is 9.26 Å². The molecule has 0 unspecified atom stereocenters. The monoisotopic (exact) mass is 393 g/mol. The Morgan fingerprint density at radius 3 is 2.62 bits per heavy atom. The Hall–Kier alpha value is -2.80. The van der Waals surface area contributed by atoms with Gasteiger partial charge in [0.15, 0.2) is 0 Å². The van der Waals surface area contributed by atoms with Crippen molar-refractivity contribution in [1.82, 2.24) is 25.0 Å². The molecule has 3 aromatic heterocycles. The third-order valence-electron chi connectivity index (χ3n) is 4.85. The first kappa shape index (κ1) is 19.5. The molecule has 0 radical (unpaired) electrons. The van der Waals surface area contributed by atoms with Gasteiger partial charge in [0, 0.05) is 24.7 Å². The van der Waals surface area contributed by atoms with Gasteiger partial charge in [0.25, 0.3) is 0 Å². The normalized spacial score (nSPS) is 16.1. The molecular formula is C22H27N5O2. The maximum Gasteiger partial charge on any atom is 0.230 e. The molecule has 1 fully saturated rings. The summed E-state index contributed by atoms with van der Waals surface area (Å²) >= 11 is 0. The summed E-state index contributed by atoms with van der Waals surface area (Å²) in [6, 6.07) is 11.7. The summed E-state index contributed by atoms with van der Waals surface area (Å²) < 4.78 is 11.4. The van der Waals surface area contributed by atoms with E-state index in [0.717, 1.165) is 43.9 Å². The molecule has 152 valence electrons. The zero-order valence-corrected chi connectivity index (χ0v) is 17.2. The highest BCUT2D eigenvalue weighted by Gasteiger charge is 2.26. The minimum Gasteiger partial charge on any atom is -0.472 e. The molecule has 29 heavy (non-hydrogen) atoms. The predicted molar refractivity (Wildman–Crippen MR) is 109 cm³/mol. The largest absolute Gasteiger partial charge is 0.472 e. The quantitative estimate of drug-likeness (QED) is 0.646. The van der Waals surface area contributed by atoms with Crippen LogP contribution in [0, 0.1) is 0 Å². The number of likely N-dealkylation sites (tertiary alicyclic amines) is 1. The third-order valence-corrected chi connectivity index (χ3v) is 4.85. The number of hydrogen-bond acceptors (Lipinski definition) is 7. The summed E-state index contributed by atoms with van der Waals surface area (Å²) in [5, 5.41) is 4.10. The van der Waals surface area contributed by atoms with E-state index in [2.05, 4.69) is 31.1 Å². The molecular weight excluding hydrogens is 366 g/mol. The molecule has 0 aromatic carbocycles. The van der Waals surface area contributed by atoms with E-state index in [9.17, 15) is 0 Å². The SMILES string of the molecule is CC(C)(C)Oc1cccc(CN2CCC(c3nc(-c4ccccn4)no3)CC2)n1. The van der Waals surface area contributed by atoms with Crippen LogP contribution in [0.15, 0.2) is 47.1 Å². The average molecular weight is 393 g/mol. The van der Waals surface area contributed by atoms with Crippen LogP contribution in [0.5, 0.6) is 5.88 Å². The first-order valence-electron chi connectivity index (χ1n) is 10.1. The van der Waals surface area contributed by atoms with Gasteiger partial charge in [-0.3, -0.25) is 9.88 Å². The first-order valence-corrected chi connectivity index (χ1v) is 10.1. The lowest BCUT2D eigenvalue weighted by atomic mass is 9.96. The number of hydrogen-bond donors (Lipinski definition) is 0. The molecule has 1 aliphatic heterocycles. The fourth-order valence-corrected chi connectivity index (χ4v) is 3.48. The van der Waals surface area contributed by atoms with Crippen molar-refractivity contribution in [2.75, 3.05) is 13.1 Å². The Morgan fingerprint density at radius 1 is 1.07 bits per heavy atom. The van der Waals surface area contributed by atoms with Crippen LogP contribution in [0.4, 0.5) is 0 Å². The lowest BCUT2D eigenvalue weighted by molar-refractivity contribution is 0.123. The average Bonchev–Trinajstić information content (AvgIpc) is 3.18. The topological polar surface area (TPSA) is 77.2 Å². The second-order valence-corrected chi connectivity index (χ2v) is 8.40. The molecule has 7 heteroatoms. The van der Waals surface area contributed by atoms with Gasteiger partial charge in [0.1, 0.15) is 11.3 Å². The van der Waals surface area contributed by atoms with Gasteiger partial charge in [0.05, 0.1) is 5.69 Å². The summed E-state index contributed by atoms with van der Waals surface area (Å²) in [5.74, 6) is 2.24. The number of nitrogens with zero attached hydrogens (tertiary/aromatic N) is 5. The third kappa shape index (κ3) is 5.17. The standard InChI is InChI=1S/C22H27N5O2/c1-22(2,3)28-19-9-6-7-17(24-19)15-27-13-10-16(11-14-27)21-25-20(26-29-21)18-8-4-5-12-23-18/h4-9,12,16H,10-11,13-15H2,1-3H3. The van der Waals surface area contributed by atoms with Crippen LogP contribution in [0.1, 0.15) is 51.1 Å². The minimum absolute atomic E-state index is 0.248. The lowest BCUT2D eigenvalue weighted by Crippen LogP contribution is -2.33. The van der Waals surface area contributed by atoms with Crippen molar-refractivity contribution in [2.24, 2.45) is 0 Å². The summed E-state index contributed by atoms with van der Waals surface area (Å²) in [6.07, 6.45) is 3.71.